The molecule has 0 spiro atoms. The highest BCUT2D eigenvalue weighted by molar-refractivity contribution is 5.68. The van der Waals surface area contributed by atoms with Crippen LogP contribution < -0.4 is 10.1 Å². The molecule has 0 saturated carbocycles. The molecule has 6 nitrogen and oxygen atoms in total. The zero-order chi connectivity index (χ0) is 19.5. The Morgan fingerprint density at radius 1 is 1.18 bits per heavy atom. The first-order chi connectivity index (χ1) is 13.6. The number of piperidine rings is 1. The lowest BCUT2D eigenvalue weighted by atomic mass is 10.1. The van der Waals surface area contributed by atoms with Crippen LogP contribution in [0.3, 0.4) is 0 Å². The van der Waals surface area contributed by atoms with Gasteiger partial charge in [-0.15, -0.1) is 5.10 Å². The fourth-order valence-electron chi connectivity index (χ4n) is 3.61. The van der Waals surface area contributed by atoms with Crippen molar-refractivity contribution in [2.45, 2.75) is 45.3 Å². The summed E-state index contributed by atoms with van der Waals surface area (Å²) in [5, 5.41) is 8.29. The van der Waals surface area contributed by atoms with E-state index in [0.717, 1.165) is 49.5 Å². The van der Waals surface area contributed by atoms with Crippen LogP contribution in [0.4, 0.5) is 5.69 Å². The standard InChI is InChI=1S/C22H29N5O/c1-16(2)20-15-24-22-19(23-14-17-7-5-4-6-8-17)13-21(25-27(20)22)28-18-9-11-26(3)12-10-18/h4-8,13,15-16,18,23H,9-12,14H2,1-3H3. The zero-order valence-corrected chi connectivity index (χ0v) is 16.9. The average molecular weight is 380 g/mol. The molecule has 1 fully saturated rings. The van der Waals surface area contributed by atoms with Crippen LogP contribution in [0.15, 0.2) is 42.6 Å². The Morgan fingerprint density at radius 3 is 2.64 bits per heavy atom. The van der Waals surface area contributed by atoms with Gasteiger partial charge in [0.1, 0.15) is 6.10 Å². The van der Waals surface area contributed by atoms with E-state index in [9.17, 15) is 0 Å². The maximum absolute atomic E-state index is 6.28. The van der Waals surface area contributed by atoms with Crippen molar-refractivity contribution in [2.24, 2.45) is 0 Å². The van der Waals surface area contributed by atoms with Crippen molar-refractivity contribution < 1.29 is 4.74 Å². The Bertz CT molecular complexity index is 913. The topological polar surface area (TPSA) is 54.7 Å². The third-order valence-corrected chi connectivity index (χ3v) is 5.34. The van der Waals surface area contributed by atoms with Gasteiger partial charge < -0.3 is 15.0 Å². The van der Waals surface area contributed by atoms with Crippen LogP contribution in [-0.4, -0.2) is 45.7 Å². The summed E-state index contributed by atoms with van der Waals surface area (Å²) in [7, 11) is 2.16. The predicted octanol–water partition coefficient (Wildman–Crippen LogP) is 3.94. The van der Waals surface area contributed by atoms with Crippen molar-refractivity contribution in [3.8, 4) is 5.88 Å². The predicted molar refractivity (Wildman–Crippen MR) is 112 cm³/mol. The number of anilines is 1. The van der Waals surface area contributed by atoms with Crippen LogP contribution in [0.1, 0.15) is 43.9 Å². The molecule has 1 N–H and O–H groups in total. The summed E-state index contributed by atoms with van der Waals surface area (Å²) < 4.78 is 8.21. The van der Waals surface area contributed by atoms with Gasteiger partial charge in [-0.2, -0.15) is 0 Å². The van der Waals surface area contributed by atoms with E-state index in [-0.39, 0.29) is 6.10 Å². The number of hydrogen-bond donors (Lipinski definition) is 1. The molecule has 0 atom stereocenters. The van der Waals surface area contributed by atoms with Gasteiger partial charge in [-0.1, -0.05) is 44.2 Å². The number of hydrogen-bond acceptors (Lipinski definition) is 5. The third kappa shape index (κ3) is 4.12. The number of benzene rings is 1. The Labute approximate surface area is 166 Å². The number of rotatable bonds is 6. The van der Waals surface area contributed by atoms with E-state index in [4.69, 9.17) is 9.84 Å². The van der Waals surface area contributed by atoms with Gasteiger partial charge in [-0.3, -0.25) is 0 Å². The molecule has 0 amide bonds. The zero-order valence-electron chi connectivity index (χ0n) is 16.9. The molecular formula is C22H29N5O. The lowest BCUT2D eigenvalue weighted by Gasteiger charge is -2.29. The van der Waals surface area contributed by atoms with Crippen LogP contribution in [0.5, 0.6) is 5.88 Å². The molecule has 1 saturated heterocycles. The number of imidazole rings is 1. The molecule has 28 heavy (non-hydrogen) atoms. The van der Waals surface area contributed by atoms with Gasteiger partial charge in [0.05, 0.1) is 17.6 Å². The molecule has 148 valence electrons. The van der Waals surface area contributed by atoms with E-state index >= 15 is 0 Å². The van der Waals surface area contributed by atoms with Crippen molar-refractivity contribution in [3.05, 3.63) is 53.9 Å². The lowest BCUT2D eigenvalue weighted by Crippen LogP contribution is -2.35. The average Bonchev–Trinajstić information content (AvgIpc) is 3.13. The highest BCUT2D eigenvalue weighted by Gasteiger charge is 2.20. The molecule has 0 bridgehead atoms. The van der Waals surface area contributed by atoms with Crippen molar-refractivity contribution in [1.82, 2.24) is 19.5 Å². The van der Waals surface area contributed by atoms with E-state index in [2.05, 4.69) is 60.4 Å². The van der Waals surface area contributed by atoms with Crippen LogP contribution in [-0.2, 0) is 6.54 Å². The summed E-state index contributed by atoms with van der Waals surface area (Å²) >= 11 is 0. The van der Waals surface area contributed by atoms with Crippen molar-refractivity contribution in [3.63, 3.8) is 0 Å². The second-order valence-electron chi connectivity index (χ2n) is 7.93. The molecule has 3 aromatic rings. The third-order valence-electron chi connectivity index (χ3n) is 5.34. The van der Waals surface area contributed by atoms with Crippen LogP contribution in [0.2, 0.25) is 0 Å². The largest absolute Gasteiger partial charge is 0.473 e. The van der Waals surface area contributed by atoms with E-state index in [1.165, 1.54) is 5.56 Å². The maximum atomic E-state index is 6.28. The summed E-state index contributed by atoms with van der Waals surface area (Å²) in [5.41, 5.74) is 4.11. The summed E-state index contributed by atoms with van der Waals surface area (Å²) in [6.07, 6.45) is 4.20. The molecule has 0 radical (unpaired) electrons. The Kier molecular flexibility index (Phi) is 5.48. The van der Waals surface area contributed by atoms with E-state index in [1.807, 2.05) is 22.8 Å². The molecule has 0 unspecified atom stereocenters. The number of fused-ring (bicyclic) bond motifs is 1. The second kappa shape index (κ2) is 8.19. The fraction of sp³-hybridized carbons (Fsp3) is 0.455. The number of aromatic nitrogens is 3. The van der Waals surface area contributed by atoms with Crippen molar-refractivity contribution in [1.29, 1.82) is 0 Å². The molecule has 1 aliphatic heterocycles. The molecule has 4 rings (SSSR count). The van der Waals surface area contributed by atoms with Gasteiger partial charge in [0.15, 0.2) is 5.65 Å². The Balaban J connectivity index is 1.62. The molecular weight excluding hydrogens is 350 g/mol. The highest BCUT2D eigenvalue weighted by Crippen LogP contribution is 2.26. The van der Waals surface area contributed by atoms with Crippen molar-refractivity contribution >= 4 is 11.3 Å². The summed E-state index contributed by atoms with van der Waals surface area (Å²) in [6, 6.07) is 12.4. The number of nitrogens with zero attached hydrogens (tertiary/aromatic N) is 4. The fourth-order valence-corrected chi connectivity index (χ4v) is 3.61. The minimum absolute atomic E-state index is 0.217. The highest BCUT2D eigenvalue weighted by atomic mass is 16.5. The molecule has 6 heteroatoms. The first kappa shape index (κ1) is 18.7. The summed E-state index contributed by atoms with van der Waals surface area (Å²) in [5.74, 6) is 1.00. The monoisotopic (exact) mass is 379 g/mol. The first-order valence-electron chi connectivity index (χ1n) is 10.1. The smallest absolute Gasteiger partial charge is 0.234 e. The molecule has 2 aromatic heterocycles. The van der Waals surface area contributed by atoms with Gasteiger partial charge in [-0.05, 0) is 31.4 Å². The first-order valence-corrected chi connectivity index (χ1v) is 10.1. The van der Waals surface area contributed by atoms with Gasteiger partial charge >= 0.3 is 0 Å². The number of nitrogens with one attached hydrogen (secondary N) is 1. The summed E-state index contributed by atoms with van der Waals surface area (Å²) in [6.45, 7) is 7.18. The summed E-state index contributed by atoms with van der Waals surface area (Å²) in [4.78, 5) is 6.97. The van der Waals surface area contributed by atoms with Gasteiger partial charge in [-0.25, -0.2) is 9.50 Å². The molecule has 0 aliphatic carbocycles. The van der Waals surface area contributed by atoms with Crippen LogP contribution in [0, 0.1) is 0 Å². The van der Waals surface area contributed by atoms with Crippen LogP contribution in [0.25, 0.3) is 5.65 Å². The van der Waals surface area contributed by atoms with Gasteiger partial charge in [0, 0.05) is 25.7 Å². The van der Waals surface area contributed by atoms with E-state index in [1.54, 1.807) is 0 Å². The second-order valence-corrected chi connectivity index (χ2v) is 7.93. The minimum Gasteiger partial charge on any atom is -0.473 e. The normalized spacial score (nSPS) is 16.0. The molecule has 1 aromatic carbocycles. The van der Waals surface area contributed by atoms with Gasteiger partial charge in [0.25, 0.3) is 0 Å². The van der Waals surface area contributed by atoms with E-state index in [0.29, 0.717) is 11.8 Å². The van der Waals surface area contributed by atoms with E-state index < -0.39 is 0 Å². The van der Waals surface area contributed by atoms with Gasteiger partial charge in [0.2, 0.25) is 5.88 Å². The van der Waals surface area contributed by atoms with Crippen LogP contribution >= 0.6 is 0 Å². The maximum Gasteiger partial charge on any atom is 0.234 e. The SMILES string of the molecule is CC(C)c1cnc2c(NCc3ccccc3)cc(OC3CCN(C)CC3)nn12. The molecule has 1 aliphatic rings. The van der Waals surface area contributed by atoms with Crippen molar-refractivity contribution in [2.75, 3.05) is 25.5 Å². The quantitative estimate of drug-likeness (QED) is 0.703. The minimum atomic E-state index is 0.217. The Morgan fingerprint density at radius 2 is 1.93 bits per heavy atom. The number of likely N-dealkylation sites (tertiary alicyclic amines) is 1. The Hall–Kier alpha value is -2.60. The number of ether oxygens (including phenoxy) is 1. The molecule has 3 heterocycles. The lowest BCUT2D eigenvalue weighted by molar-refractivity contribution is 0.108.